The van der Waals surface area contributed by atoms with Gasteiger partial charge in [-0.25, -0.2) is 4.79 Å². The molecular weight excluding hydrogens is 356 g/mol. The third-order valence-electron chi connectivity index (χ3n) is 6.10. The van der Waals surface area contributed by atoms with Crippen molar-refractivity contribution in [3.05, 3.63) is 35.9 Å². The van der Waals surface area contributed by atoms with Crippen LogP contribution in [0.4, 0.5) is 4.79 Å². The molecule has 1 aromatic carbocycles. The number of fused-ring (bicyclic) bond motifs is 2. The van der Waals surface area contributed by atoms with Crippen LogP contribution in [0.15, 0.2) is 30.3 Å². The summed E-state index contributed by atoms with van der Waals surface area (Å²) in [5.41, 5.74) is 1.01. The number of carbonyl (C=O) groups is 2. The van der Waals surface area contributed by atoms with E-state index in [4.69, 9.17) is 10.2 Å². The van der Waals surface area contributed by atoms with E-state index in [1.807, 2.05) is 30.3 Å². The fourth-order valence-electron chi connectivity index (χ4n) is 4.50. The zero-order chi connectivity index (χ0) is 19.5. The van der Waals surface area contributed by atoms with E-state index in [1.54, 1.807) is 4.90 Å². The summed E-state index contributed by atoms with van der Waals surface area (Å²) in [7, 11) is 0. The van der Waals surface area contributed by atoms with Gasteiger partial charge in [0.1, 0.15) is 12.4 Å². The molecule has 2 aliphatic heterocycles. The molecule has 0 unspecified atom stereocenters. The fraction of sp³-hybridized carbons (Fsp3) is 0.571. The molecule has 7 nitrogen and oxygen atoms in total. The van der Waals surface area contributed by atoms with E-state index in [1.165, 1.54) is 11.5 Å². The molecule has 3 fully saturated rings. The number of hydroxylamine groups is 2. The van der Waals surface area contributed by atoms with Crippen molar-refractivity contribution in [1.29, 1.82) is 5.41 Å². The quantitative estimate of drug-likeness (QED) is 0.604. The van der Waals surface area contributed by atoms with E-state index in [0.717, 1.165) is 37.7 Å². The van der Waals surface area contributed by atoms with Crippen LogP contribution in [0.2, 0.25) is 0 Å². The van der Waals surface area contributed by atoms with Crippen molar-refractivity contribution in [2.45, 2.75) is 63.6 Å². The molecule has 4 rings (SSSR count). The van der Waals surface area contributed by atoms with Crippen LogP contribution in [0, 0.1) is 11.3 Å². The summed E-state index contributed by atoms with van der Waals surface area (Å²) in [6.07, 6.45) is 6.58. The van der Waals surface area contributed by atoms with E-state index in [-0.39, 0.29) is 35.8 Å². The molecule has 7 heteroatoms. The first kappa shape index (κ1) is 18.9. The van der Waals surface area contributed by atoms with Crippen molar-refractivity contribution in [3.8, 4) is 0 Å². The van der Waals surface area contributed by atoms with E-state index in [9.17, 15) is 9.59 Å². The summed E-state index contributed by atoms with van der Waals surface area (Å²) in [6.45, 7) is 0.886. The number of hydrogen-bond donors (Lipinski definition) is 2. The molecule has 1 saturated carbocycles. The maximum atomic E-state index is 12.8. The Hall–Kier alpha value is -2.41. The Morgan fingerprint density at radius 1 is 1.11 bits per heavy atom. The third-order valence-corrected chi connectivity index (χ3v) is 6.10. The standard InChI is InChI=1S/C21H28N4O3/c22-19(23-20(26)16-9-5-2-6-10-16)18-12-11-17-13-24(18)21(27)25(17)28-14-15-7-3-1-4-8-15/h1,3-4,7-8,16-18H,2,5-6,9-14H2,(H2,22,23,26)/t17-,18+/m1/s1. The smallest absolute Gasteiger partial charge is 0.313 e. The number of amidine groups is 1. The Morgan fingerprint density at radius 2 is 1.86 bits per heavy atom. The van der Waals surface area contributed by atoms with Gasteiger partial charge in [0.15, 0.2) is 0 Å². The fourth-order valence-corrected chi connectivity index (χ4v) is 4.50. The summed E-state index contributed by atoms with van der Waals surface area (Å²) in [5.74, 6) is 0.0911. The molecule has 2 bridgehead atoms. The second-order valence-corrected chi connectivity index (χ2v) is 8.00. The van der Waals surface area contributed by atoms with Crippen LogP contribution >= 0.6 is 0 Å². The molecule has 2 atom stereocenters. The number of benzene rings is 1. The lowest BCUT2D eigenvalue weighted by atomic mass is 9.88. The molecule has 3 aliphatic rings. The Balaban J connectivity index is 1.34. The maximum Gasteiger partial charge on any atom is 0.344 e. The Labute approximate surface area is 165 Å². The van der Waals surface area contributed by atoms with Gasteiger partial charge in [-0.2, -0.15) is 5.06 Å². The molecule has 0 radical (unpaired) electrons. The van der Waals surface area contributed by atoms with Crippen LogP contribution in [-0.4, -0.2) is 46.4 Å². The maximum absolute atomic E-state index is 12.8. The summed E-state index contributed by atoms with van der Waals surface area (Å²) in [5, 5.41) is 12.6. The van der Waals surface area contributed by atoms with Gasteiger partial charge in [-0.1, -0.05) is 49.6 Å². The van der Waals surface area contributed by atoms with Crippen LogP contribution in [0.5, 0.6) is 0 Å². The first-order valence-electron chi connectivity index (χ1n) is 10.3. The zero-order valence-corrected chi connectivity index (χ0v) is 16.1. The molecule has 2 N–H and O–H groups in total. The lowest BCUT2D eigenvalue weighted by molar-refractivity contribution is -0.140. The van der Waals surface area contributed by atoms with E-state index in [2.05, 4.69) is 5.32 Å². The summed E-state index contributed by atoms with van der Waals surface area (Å²) >= 11 is 0. The average Bonchev–Trinajstić information content (AvgIpc) is 2.97. The average molecular weight is 384 g/mol. The minimum absolute atomic E-state index is 0.00502. The Bertz CT molecular complexity index is 732. The summed E-state index contributed by atoms with van der Waals surface area (Å²) in [4.78, 5) is 32.8. The van der Waals surface area contributed by atoms with Crippen LogP contribution in [0.1, 0.15) is 50.5 Å². The molecule has 1 aromatic rings. The molecule has 0 aromatic heterocycles. The molecule has 2 saturated heterocycles. The highest BCUT2D eigenvalue weighted by Gasteiger charge is 2.47. The van der Waals surface area contributed by atoms with E-state index >= 15 is 0 Å². The molecule has 1 aliphatic carbocycles. The number of urea groups is 1. The van der Waals surface area contributed by atoms with Gasteiger partial charge in [0.2, 0.25) is 5.91 Å². The van der Waals surface area contributed by atoms with Gasteiger partial charge in [0, 0.05) is 12.5 Å². The van der Waals surface area contributed by atoms with Crippen molar-refractivity contribution in [1.82, 2.24) is 15.3 Å². The van der Waals surface area contributed by atoms with Gasteiger partial charge >= 0.3 is 6.03 Å². The minimum atomic E-state index is -0.374. The highest BCUT2D eigenvalue weighted by Crippen LogP contribution is 2.31. The highest BCUT2D eigenvalue weighted by atomic mass is 16.7. The van der Waals surface area contributed by atoms with Crippen molar-refractivity contribution < 1.29 is 14.4 Å². The zero-order valence-electron chi connectivity index (χ0n) is 16.1. The van der Waals surface area contributed by atoms with Crippen LogP contribution < -0.4 is 5.32 Å². The van der Waals surface area contributed by atoms with Crippen molar-refractivity contribution >= 4 is 17.8 Å². The number of nitrogens with zero attached hydrogens (tertiary/aromatic N) is 2. The monoisotopic (exact) mass is 384 g/mol. The van der Waals surface area contributed by atoms with Crippen LogP contribution in [0.3, 0.4) is 0 Å². The lowest BCUT2D eigenvalue weighted by Gasteiger charge is -2.31. The van der Waals surface area contributed by atoms with Crippen LogP contribution in [-0.2, 0) is 16.2 Å². The number of nitrogens with one attached hydrogen (secondary N) is 2. The molecular formula is C21H28N4O3. The third kappa shape index (κ3) is 3.90. The van der Waals surface area contributed by atoms with Gasteiger partial charge < -0.3 is 10.2 Å². The number of rotatable bonds is 5. The highest BCUT2D eigenvalue weighted by molar-refractivity contribution is 6.01. The van der Waals surface area contributed by atoms with Gasteiger partial charge in [-0.05, 0) is 31.2 Å². The molecule has 2 heterocycles. The van der Waals surface area contributed by atoms with E-state index < -0.39 is 0 Å². The van der Waals surface area contributed by atoms with Crippen molar-refractivity contribution in [2.75, 3.05) is 6.54 Å². The Morgan fingerprint density at radius 3 is 2.61 bits per heavy atom. The van der Waals surface area contributed by atoms with Gasteiger partial charge in [0.05, 0.1) is 12.1 Å². The molecule has 3 amide bonds. The van der Waals surface area contributed by atoms with E-state index in [0.29, 0.717) is 19.6 Å². The summed E-state index contributed by atoms with van der Waals surface area (Å²) in [6, 6.07) is 9.19. The van der Waals surface area contributed by atoms with Crippen molar-refractivity contribution in [2.24, 2.45) is 5.92 Å². The minimum Gasteiger partial charge on any atom is -0.313 e. The lowest BCUT2D eigenvalue weighted by Crippen LogP contribution is -2.51. The van der Waals surface area contributed by atoms with Crippen LogP contribution in [0.25, 0.3) is 0 Å². The topological polar surface area (TPSA) is 85.7 Å². The van der Waals surface area contributed by atoms with Gasteiger partial charge in [-0.3, -0.25) is 15.0 Å². The number of amides is 3. The summed E-state index contributed by atoms with van der Waals surface area (Å²) < 4.78 is 0. The normalized spacial score (nSPS) is 25.1. The first-order chi connectivity index (χ1) is 13.6. The molecule has 0 spiro atoms. The molecule has 28 heavy (non-hydrogen) atoms. The SMILES string of the molecule is N=C(NC(=O)C1CCCCC1)[C@@H]1CC[C@@H]2CN1C(=O)N2OCc1ccccc1. The van der Waals surface area contributed by atoms with Gasteiger partial charge in [-0.15, -0.1) is 0 Å². The Kier molecular flexibility index (Phi) is 5.62. The predicted molar refractivity (Wildman–Crippen MR) is 104 cm³/mol. The number of piperidine rings is 1. The first-order valence-corrected chi connectivity index (χ1v) is 10.3. The van der Waals surface area contributed by atoms with Crippen molar-refractivity contribution in [3.63, 3.8) is 0 Å². The molecule has 150 valence electrons. The number of hydrogen-bond acceptors (Lipinski definition) is 4. The second-order valence-electron chi connectivity index (χ2n) is 8.00. The van der Waals surface area contributed by atoms with Gasteiger partial charge in [0.25, 0.3) is 0 Å². The number of carbonyl (C=O) groups excluding carboxylic acids is 2. The second kappa shape index (κ2) is 8.31. The predicted octanol–water partition coefficient (Wildman–Crippen LogP) is 3.06. The largest absolute Gasteiger partial charge is 0.344 e.